The SMILES string of the molecule is CC(=O)c1ccc(Oc2ccc(C)cc2Br)cc1Cl. The van der Waals surface area contributed by atoms with E-state index in [1.807, 2.05) is 25.1 Å². The molecular formula is C15H12BrClO2. The van der Waals surface area contributed by atoms with Gasteiger partial charge < -0.3 is 4.74 Å². The fourth-order valence-electron chi connectivity index (χ4n) is 1.66. The Bertz CT molecular complexity index is 638. The summed E-state index contributed by atoms with van der Waals surface area (Å²) in [6.07, 6.45) is 0. The van der Waals surface area contributed by atoms with Gasteiger partial charge in [-0.25, -0.2) is 0 Å². The Morgan fingerprint density at radius 2 is 1.95 bits per heavy atom. The number of ether oxygens (including phenoxy) is 1. The third-order valence-corrected chi connectivity index (χ3v) is 3.57. The van der Waals surface area contributed by atoms with Gasteiger partial charge in [-0.05, 0) is 59.6 Å². The van der Waals surface area contributed by atoms with Gasteiger partial charge in [0.2, 0.25) is 0 Å². The molecule has 0 aliphatic carbocycles. The lowest BCUT2D eigenvalue weighted by atomic mass is 10.1. The van der Waals surface area contributed by atoms with E-state index in [1.165, 1.54) is 6.92 Å². The highest BCUT2D eigenvalue weighted by molar-refractivity contribution is 9.10. The summed E-state index contributed by atoms with van der Waals surface area (Å²) >= 11 is 9.49. The van der Waals surface area contributed by atoms with Crippen LogP contribution in [0.3, 0.4) is 0 Å². The maximum absolute atomic E-state index is 11.3. The van der Waals surface area contributed by atoms with Gasteiger partial charge in [0.15, 0.2) is 5.78 Å². The number of Topliss-reactive ketones (excluding diaryl/α,β-unsaturated/α-hetero) is 1. The van der Waals surface area contributed by atoms with Crippen LogP contribution in [0, 0.1) is 6.92 Å². The van der Waals surface area contributed by atoms with Crippen molar-refractivity contribution in [3.8, 4) is 11.5 Å². The first-order valence-corrected chi connectivity index (χ1v) is 6.89. The van der Waals surface area contributed by atoms with Crippen LogP contribution < -0.4 is 4.74 Å². The number of benzene rings is 2. The smallest absolute Gasteiger partial charge is 0.161 e. The zero-order valence-electron chi connectivity index (χ0n) is 10.5. The molecule has 2 rings (SSSR count). The lowest BCUT2D eigenvalue weighted by molar-refractivity contribution is 0.101. The molecule has 2 aromatic carbocycles. The summed E-state index contributed by atoms with van der Waals surface area (Å²) in [5, 5.41) is 0.397. The molecule has 0 heterocycles. The number of hydrogen-bond donors (Lipinski definition) is 0. The molecule has 19 heavy (non-hydrogen) atoms. The fourth-order valence-corrected chi connectivity index (χ4v) is 2.54. The monoisotopic (exact) mass is 338 g/mol. The predicted octanol–water partition coefficient (Wildman–Crippen LogP) is 5.41. The average Bonchev–Trinajstić information content (AvgIpc) is 2.32. The van der Waals surface area contributed by atoms with E-state index >= 15 is 0 Å². The van der Waals surface area contributed by atoms with E-state index in [9.17, 15) is 4.79 Å². The van der Waals surface area contributed by atoms with Crippen molar-refractivity contribution in [2.24, 2.45) is 0 Å². The second kappa shape index (κ2) is 5.76. The molecule has 0 bridgehead atoms. The van der Waals surface area contributed by atoms with Gasteiger partial charge in [0.05, 0.1) is 9.50 Å². The van der Waals surface area contributed by atoms with Gasteiger partial charge in [-0.1, -0.05) is 17.7 Å². The van der Waals surface area contributed by atoms with Gasteiger partial charge in [-0.15, -0.1) is 0 Å². The van der Waals surface area contributed by atoms with Crippen molar-refractivity contribution < 1.29 is 9.53 Å². The van der Waals surface area contributed by atoms with Crippen LogP contribution in [0.25, 0.3) is 0 Å². The van der Waals surface area contributed by atoms with E-state index in [2.05, 4.69) is 15.9 Å². The van der Waals surface area contributed by atoms with Crippen LogP contribution in [-0.2, 0) is 0 Å². The van der Waals surface area contributed by atoms with Crippen LogP contribution in [0.1, 0.15) is 22.8 Å². The summed E-state index contributed by atoms with van der Waals surface area (Å²) < 4.78 is 6.61. The number of carbonyl (C=O) groups excluding carboxylic acids is 1. The molecule has 0 N–H and O–H groups in total. The normalized spacial score (nSPS) is 10.3. The van der Waals surface area contributed by atoms with Gasteiger partial charge in [0.1, 0.15) is 11.5 Å². The Labute approximate surface area is 125 Å². The Balaban J connectivity index is 2.29. The van der Waals surface area contributed by atoms with Crippen molar-refractivity contribution >= 4 is 33.3 Å². The summed E-state index contributed by atoms with van der Waals surface area (Å²) in [5.41, 5.74) is 1.64. The average molecular weight is 340 g/mol. The quantitative estimate of drug-likeness (QED) is 0.699. The summed E-state index contributed by atoms with van der Waals surface area (Å²) in [5.74, 6) is 1.24. The lowest BCUT2D eigenvalue weighted by Crippen LogP contribution is -1.94. The molecule has 0 radical (unpaired) electrons. The third kappa shape index (κ3) is 3.37. The number of rotatable bonds is 3. The summed E-state index contributed by atoms with van der Waals surface area (Å²) in [7, 11) is 0. The second-order valence-electron chi connectivity index (χ2n) is 4.23. The largest absolute Gasteiger partial charge is 0.456 e. The van der Waals surface area contributed by atoms with E-state index in [0.717, 1.165) is 10.0 Å². The van der Waals surface area contributed by atoms with Crippen LogP contribution in [0.5, 0.6) is 11.5 Å². The van der Waals surface area contributed by atoms with Gasteiger partial charge in [0, 0.05) is 11.6 Å². The fraction of sp³-hybridized carbons (Fsp3) is 0.133. The Hall–Kier alpha value is -1.32. The van der Waals surface area contributed by atoms with E-state index in [-0.39, 0.29) is 5.78 Å². The van der Waals surface area contributed by atoms with E-state index in [4.69, 9.17) is 16.3 Å². The number of halogens is 2. The topological polar surface area (TPSA) is 26.3 Å². The van der Waals surface area contributed by atoms with Gasteiger partial charge in [-0.2, -0.15) is 0 Å². The number of carbonyl (C=O) groups is 1. The van der Waals surface area contributed by atoms with E-state index < -0.39 is 0 Å². The van der Waals surface area contributed by atoms with Gasteiger partial charge >= 0.3 is 0 Å². The molecule has 0 spiro atoms. The first-order chi connectivity index (χ1) is 8.97. The van der Waals surface area contributed by atoms with Crippen molar-refractivity contribution in [2.75, 3.05) is 0 Å². The molecule has 0 aromatic heterocycles. The molecule has 0 amide bonds. The highest BCUT2D eigenvalue weighted by Crippen LogP contribution is 2.32. The summed E-state index contributed by atoms with van der Waals surface area (Å²) in [4.78, 5) is 11.3. The predicted molar refractivity (Wildman–Crippen MR) is 80.4 cm³/mol. The molecule has 98 valence electrons. The molecule has 0 aliphatic rings. The zero-order chi connectivity index (χ0) is 14.0. The van der Waals surface area contributed by atoms with Crippen LogP contribution in [0.15, 0.2) is 40.9 Å². The summed E-state index contributed by atoms with van der Waals surface area (Å²) in [6, 6.07) is 10.9. The molecule has 2 nitrogen and oxygen atoms in total. The molecule has 0 saturated carbocycles. The van der Waals surface area contributed by atoms with E-state index in [0.29, 0.717) is 22.1 Å². The molecule has 0 aliphatic heterocycles. The maximum atomic E-state index is 11.3. The molecule has 0 atom stereocenters. The Morgan fingerprint density at radius 1 is 1.21 bits per heavy atom. The van der Waals surface area contributed by atoms with Crippen LogP contribution in [-0.4, -0.2) is 5.78 Å². The van der Waals surface area contributed by atoms with Crippen LogP contribution in [0.2, 0.25) is 5.02 Å². The first kappa shape index (κ1) is 14.1. The molecule has 0 saturated heterocycles. The van der Waals surface area contributed by atoms with E-state index in [1.54, 1.807) is 18.2 Å². The minimum Gasteiger partial charge on any atom is -0.456 e. The lowest BCUT2D eigenvalue weighted by Gasteiger charge is -2.09. The molecule has 4 heteroatoms. The molecular weight excluding hydrogens is 328 g/mol. The molecule has 0 unspecified atom stereocenters. The van der Waals surface area contributed by atoms with Crippen molar-refractivity contribution in [3.63, 3.8) is 0 Å². The van der Waals surface area contributed by atoms with Crippen molar-refractivity contribution in [3.05, 3.63) is 57.0 Å². The highest BCUT2D eigenvalue weighted by Gasteiger charge is 2.08. The summed E-state index contributed by atoms with van der Waals surface area (Å²) in [6.45, 7) is 3.49. The third-order valence-electron chi connectivity index (χ3n) is 2.64. The van der Waals surface area contributed by atoms with Crippen LogP contribution in [0.4, 0.5) is 0 Å². The number of ketones is 1. The van der Waals surface area contributed by atoms with Crippen LogP contribution >= 0.6 is 27.5 Å². The maximum Gasteiger partial charge on any atom is 0.161 e. The number of hydrogen-bond acceptors (Lipinski definition) is 2. The van der Waals surface area contributed by atoms with Gasteiger partial charge in [0.25, 0.3) is 0 Å². The minimum atomic E-state index is -0.0620. The molecule has 0 fully saturated rings. The first-order valence-electron chi connectivity index (χ1n) is 5.72. The Morgan fingerprint density at radius 3 is 2.53 bits per heavy atom. The second-order valence-corrected chi connectivity index (χ2v) is 5.50. The zero-order valence-corrected chi connectivity index (χ0v) is 12.9. The van der Waals surface area contributed by atoms with Gasteiger partial charge in [-0.3, -0.25) is 4.79 Å². The number of aryl methyl sites for hydroxylation is 1. The van der Waals surface area contributed by atoms with Crippen molar-refractivity contribution in [1.29, 1.82) is 0 Å². The highest BCUT2D eigenvalue weighted by atomic mass is 79.9. The van der Waals surface area contributed by atoms with Crippen molar-refractivity contribution in [2.45, 2.75) is 13.8 Å². The minimum absolute atomic E-state index is 0.0620. The Kier molecular flexibility index (Phi) is 4.27. The van der Waals surface area contributed by atoms with Crippen molar-refractivity contribution in [1.82, 2.24) is 0 Å². The standard InChI is InChI=1S/C15H12BrClO2/c1-9-3-6-15(13(16)7-9)19-11-4-5-12(10(2)18)14(17)8-11/h3-8H,1-2H3. The molecule has 2 aromatic rings.